The molecule has 0 saturated carbocycles. The molecule has 0 fully saturated rings. The van der Waals surface area contributed by atoms with Crippen LogP contribution < -0.4 is 0 Å². The first-order chi connectivity index (χ1) is 7.38. The number of benzene rings is 1. The Morgan fingerprint density at radius 1 is 1.27 bits per heavy atom. The molecule has 15 heavy (non-hydrogen) atoms. The Bertz CT molecular complexity index is 434. The predicted molar refractivity (Wildman–Crippen MR) is 65.7 cm³/mol. The third-order valence-electron chi connectivity index (χ3n) is 1.94. The summed E-state index contributed by atoms with van der Waals surface area (Å²) in [6.45, 7) is 0. The molecule has 0 spiro atoms. The predicted octanol–water partition coefficient (Wildman–Crippen LogP) is 3.85. The third kappa shape index (κ3) is 2.94. The molecule has 0 unspecified atom stereocenters. The molecule has 0 atom stereocenters. The fraction of sp³-hybridized carbons (Fsp3) is 0.0833. The highest BCUT2D eigenvalue weighted by Crippen LogP contribution is 2.24. The summed E-state index contributed by atoms with van der Waals surface area (Å²) in [5.74, 6) is 0.925. The van der Waals surface area contributed by atoms with Gasteiger partial charge in [0.1, 0.15) is 0 Å². The molecule has 0 aliphatic carbocycles. The average Bonchev–Trinajstić information content (AvgIpc) is 2.76. The van der Waals surface area contributed by atoms with Crippen molar-refractivity contribution < 1.29 is 4.79 Å². The van der Waals surface area contributed by atoms with Gasteiger partial charge in [-0.3, -0.25) is 4.79 Å². The van der Waals surface area contributed by atoms with E-state index in [1.54, 1.807) is 11.8 Å². The second kappa shape index (κ2) is 5.14. The number of rotatable bonds is 4. The Balaban J connectivity index is 1.96. The Morgan fingerprint density at radius 2 is 2.07 bits per heavy atom. The van der Waals surface area contributed by atoms with Crippen LogP contribution in [0.15, 0.2) is 46.7 Å². The number of aldehydes is 1. The van der Waals surface area contributed by atoms with Crippen molar-refractivity contribution in [1.29, 1.82) is 0 Å². The quantitative estimate of drug-likeness (QED) is 0.590. The molecule has 0 aliphatic rings. The van der Waals surface area contributed by atoms with Crippen molar-refractivity contribution in [2.24, 2.45) is 0 Å². The first-order valence-corrected chi connectivity index (χ1v) is 6.45. The normalized spacial score (nSPS) is 10.1. The average molecular weight is 234 g/mol. The maximum atomic E-state index is 10.5. The lowest BCUT2D eigenvalue weighted by Gasteiger charge is -1.98. The first kappa shape index (κ1) is 10.5. The smallest absolute Gasteiger partial charge is 0.160 e. The van der Waals surface area contributed by atoms with Gasteiger partial charge in [-0.05, 0) is 29.1 Å². The van der Waals surface area contributed by atoms with E-state index in [0.29, 0.717) is 0 Å². The molecule has 0 N–H and O–H groups in total. The maximum Gasteiger partial charge on any atom is 0.160 e. The minimum Gasteiger partial charge on any atom is -0.297 e. The molecule has 0 bridgehead atoms. The molecular weight excluding hydrogens is 224 g/mol. The van der Waals surface area contributed by atoms with Crippen molar-refractivity contribution in [3.05, 3.63) is 52.2 Å². The summed E-state index contributed by atoms with van der Waals surface area (Å²) >= 11 is 3.29. The number of thioether (sulfide) groups is 1. The molecule has 2 aromatic rings. The van der Waals surface area contributed by atoms with Crippen LogP contribution in [0.25, 0.3) is 0 Å². The Kier molecular flexibility index (Phi) is 3.59. The van der Waals surface area contributed by atoms with E-state index in [-0.39, 0.29) is 0 Å². The Morgan fingerprint density at radius 3 is 2.73 bits per heavy atom. The molecule has 0 aliphatic heterocycles. The fourth-order valence-electron chi connectivity index (χ4n) is 1.22. The molecule has 0 saturated heterocycles. The summed E-state index contributed by atoms with van der Waals surface area (Å²) in [7, 11) is 0. The molecule has 1 nitrogen and oxygen atoms in total. The van der Waals surface area contributed by atoms with Crippen molar-refractivity contribution in [1.82, 2.24) is 0 Å². The van der Waals surface area contributed by atoms with Crippen molar-refractivity contribution in [3.8, 4) is 0 Å². The van der Waals surface area contributed by atoms with E-state index in [1.807, 2.05) is 29.6 Å². The van der Waals surface area contributed by atoms with Crippen LogP contribution in [-0.4, -0.2) is 6.29 Å². The van der Waals surface area contributed by atoms with Crippen LogP contribution in [-0.2, 0) is 5.75 Å². The summed E-state index contributed by atoms with van der Waals surface area (Å²) in [6, 6.07) is 12.2. The van der Waals surface area contributed by atoms with Gasteiger partial charge in [-0.15, -0.1) is 23.1 Å². The molecular formula is C12H10OS2. The van der Waals surface area contributed by atoms with Gasteiger partial charge in [-0.25, -0.2) is 0 Å². The van der Waals surface area contributed by atoms with Gasteiger partial charge in [-0.1, -0.05) is 18.2 Å². The summed E-state index contributed by atoms with van der Waals surface area (Å²) < 4.78 is 0. The number of carbonyl (C=O) groups excluding carboxylic acids is 1. The van der Waals surface area contributed by atoms with Gasteiger partial charge in [-0.2, -0.15) is 0 Å². The highest BCUT2D eigenvalue weighted by molar-refractivity contribution is 7.98. The van der Waals surface area contributed by atoms with Gasteiger partial charge in [0.15, 0.2) is 6.29 Å². The zero-order chi connectivity index (χ0) is 10.5. The number of carbonyl (C=O) groups is 1. The van der Waals surface area contributed by atoms with Crippen LogP contribution in [0.1, 0.15) is 15.2 Å². The van der Waals surface area contributed by atoms with Crippen molar-refractivity contribution in [2.75, 3.05) is 0 Å². The van der Waals surface area contributed by atoms with E-state index < -0.39 is 0 Å². The standard InChI is InChI=1S/C12H10OS2/c13-7-12-6-10(9-15-12)8-14-11-4-2-1-3-5-11/h1-7,9H,8H2. The van der Waals surface area contributed by atoms with E-state index in [0.717, 1.165) is 16.9 Å². The Labute approximate surface area is 97.1 Å². The third-order valence-corrected chi connectivity index (χ3v) is 3.93. The van der Waals surface area contributed by atoms with Crippen LogP contribution in [0.2, 0.25) is 0 Å². The van der Waals surface area contributed by atoms with Gasteiger partial charge in [0, 0.05) is 10.6 Å². The summed E-state index contributed by atoms with van der Waals surface area (Å²) in [5.41, 5.74) is 1.22. The van der Waals surface area contributed by atoms with Crippen LogP contribution >= 0.6 is 23.1 Å². The number of hydrogen-bond acceptors (Lipinski definition) is 3. The van der Waals surface area contributed by atoms with E-state index in [4.69, 9.17) is 0 Å². The van der Waals surface area contributed by atoms with E-state index >= 15 is 0 Å². The van der Waals surface area contributed by atoms with Gasteiger partial charge >= 0.3 is 0 Å². The zero-order valence-corrected chi connectivity index (χ0v) is 9.68. The monoisotopic (exact) mass is 234 g/mol. The summed E-state index contributed by atoms with van der Waals surface area (Å²) in [5, 5.41) is 2.04. The number of hydrogen-bond donors (Lipinski definition) is 0. The minimum absolute atomic E-state index is 0.804. The van der Waals surface area contributed by atoms with Crippen molar-refractivity contribution in [2.45, 2.75) is 10.6 Å². The lowest BCUT2D eigenvalue weighted by molar-refractivity contribution is 0.112. The van der Waals surface area contributed by atoms with Crippen molar-refractivity contribution in [3.63, 3.8) is 0 Å². The van der Waals surface area contributed by atoms with E-state index in [1.165, 1.54) is 21.8 Å². The van der Waals surface area contributed by atoms with Crippen LogP contribution in [0.3, 0.4) is 0 Å². The SMILES string of the molecule is O=Cc1cc(CSc2ccccc2)cs1. The van der Waals surface area contributed by atoms with Crippen LogP contribution in [0.5, 0.6) is 0 Å². The van der Waals surface area contributed by atoms with Gasteiger partial charge in [0.05, 0.1) is 4.88 Å². The first-order valence-electron chi connectivity index (χ1n) is 4.59. The number of thiophene rings is 1. The summed E-state index contributed by atoms with van der Waals surface area (Å²) in [4.78, 5) is 12.6. The lowest BCUT2D eigenvalue weighted by Crippen LogP contribution is -1.75. The molecule has 76 valence electrons. The lowest BCUT2D eigenvalue weighted by atomic mass is 10.3. The van der Waals surface area contributed by atoms with Crippen molar-refractivity contribution >= 4 is 29.4 Å². The molecule has 0 radical (unpaired) electrons. The largest absolute Gasteiger partial charge is 0.297 e. The second-order valence-corrected chi connectivity index (χ2v) is 5.07. The fourth-order valence-corrected chi connectivity index (χ4v) is 2.88. The molecule has 2 rings (SSSR count). The molecule has 1 aromatic carbocycles. The second-order valence-electron chi connectivity index (χ2n) is 3.08. The topological polar surface area (TPSA) is 17.1 Å². The van der Waals surface area contributed by atoms with Crippen LogP contribution in [0, 0.1) is 0 Å². The molecule has 1 heterocycles. The highest BCUT2D eigenvalue weighted by Gasteiger charge is 1.99. The minimum atomic E-state index is 0.804. The summed E-state index contributed by atoms with van der Waals surface area (Å²) in [6.07, 6.45) is 0.904. The van der Waals surface area contributed by atoms with Gasteiger partial charge in [0.2, 0.25) is 0 Å². The van der Waals surface area contributed by atoms with E-state index in [9.17, 15) is 4.79 Å². The maximum absolute atomic E-state index is 10.5. The molecule has 1 aromatic heterocycles. The van der Waals surface area contributed by atoms with Gasteiger partial charge in [0.25, 0.3) is 0 Å². The molecule has 0 amide bonds. The Hall–Kier alpha value is -1.06. The highest BCUT2D eigenvalue weighted by atomic mass is 32.2. The van der Waals surface area contributed by atoms with Gasteiger partial charge < -0.3 is 0 Å². The molecule has 3 heteroatoms. The zero-order valence-electron chi connectivity index (χ0n) is 8.05. The van der Waals surface area contributed by atoms with Crippen LogP contribution in [0.4, 0.5) is 0 Å². The van der Waals surface area contributed by atoms with E-state index in [2.05, 4.69) is 12.1 Å².